The van der Waals surface area contributed by atoms with Crippen LogP contribution in [-0.4, -0.2) is 37.8 Å². The van der Waals surface area contributed by atoms with Gasteiger partial charge in [-0.1, -0.05) is 11.6 Å². The molecule has 22 heavy (non-hydrogen) atoms. The molecule has 0 radical (unpaired) electrons. The molecule has 8 nitrogen and oxygen atoms in total. The van der Waals surface area contributed by atoms with Crippen LogP contribution in [0.15, 0.2) is 28.3 Å². The Morgan fingerprint density at radius 3 is 3.09 bits per heavy atom. The van der Waals surface area contributed by atoms with E-state index in [2.05, 4.69) is 15.5 Å². The van der Waals surface area contributed by atoms with Gasteiger partial charge < -0.3 is 4.74 Å². The number of hydrogen-bond acceptors (Lipinski definition) is 7. The average Bonchev–Trinajstić information content (AvgIpc) is 3.14. The minimum absolute atomic E-state index is 0.0479. The maximum absolute atomic E-state index is 10.7. The van der Waals surface area contributed by atoms with Gasteiger partial charge in [0.2, 0.25) is 5.16 Å². The minimum Gasteiger partial charge on any atom is -0.376 e. The van der Waals surface area contributed by atoms with Crippen molar-refractivity contribution in [1.82, 2.24) is 20.2 Å². The van der Waals surface area contributed by atoms with Gasteiger partial charge in [-0.2, -0.15) is 0 Å². The van der Waals surface area contributed by atoms with Crippen LogP contribution in [0.2, 0.25) is 5.02 Å². The zero-order valence-electron chi connectivity index (χ0n) is 11.4. The zero-order valence-corrected chi connectivity index (χ0v) is 13.0. The number of rotatable bonds is 5. The van der Waals surface area contributed by atoms with E-state index in [1.807, 2.05) is 0 Å². The van der Waals surface area contributed by atoms with Crippen LogP contribution >= 0.6 is 23.4 Å². The molecule has 1 aliphatic heterocycles. The maximum atomic E-state index is 10.7. The molecule has 0 bridgehead atoms. The van der Waals surface area contributed by atoms with Crippen LogP contribution in [0.3, 0.4) is 0 Å². The molecule has 1 saturated heterocycles. The molecule has 3 rings (SSSR count). The summed E-state index contributed by atoms with van der Waals surface area (Å²) in [5.74, 6) is 0. The molecule has 2 aromatic rings. The number of halogens is 1. The van der Waals surface area contributed by atoms with Crippen LogP contribution in [0.4, 0.5) is 5.69 Å². The van der Waals surface area contributed by atoms with Gasteiger partial charge in [-0.15, -0.1) is 5.10 Å². The van der Waals surface area contributed by atoms with Crippen molar-refractivity contribution >= 4 is 29.1 Å². The topological polar surface area (TPSA) is 96.0 Å². The van der Waals surface area contributed by atoms with Gasteiger partial charge in [0.25, 0.3) is 5.69 Å². The lowest BCUT2D eigenvalue weighted by Crippen LogP contribution is -2.16. The molecule has 1 fully saturated rings. The molecule has 0 amide bonds. The second-order valence-electron chi connectivity index (χ2n) is 4.75. The molecular formula is C12H12ClN5O3S. The summed E-state index contributed by atoms with van der Waals surface area (Å²) in [7, 11) is 0. The Morgan fingerprint density at radius 2 is 2.41 bits per heavy atom. The number of nitro benzene ring substituents is 1. The van der Waals surface area contributed by atoms with Crippen molar-refractivity contribution in [2.45, 2.75) is 35.5 Å². The highest BCUT2D eigenvalue weighted by Crippen LogP contribution is 2.34. The van der Waals surface area contributed by atoms with Gasteiger partial charge in [0, 0.05) is 23.6 Å². The van der Waals surface area contributed by atoms with Gasteiger partial charge in [0.05, 0.1) is 22.6 Å². The highest BCUT2D eigenvalue weighted by molar-refractivity contribution is 7.99. The number of nitrogens with zero attached hydrogens (tertiary/aromatic N) is 5. The Bertz CT molecular complexity index is 689. The lowest BCUT2D eigenvalue weighted by atomic mass is 10.2. The van der Waals surface area contributed by atoms with E-state index in [1.54, 1.807) is 10.7 Å². The van der Waals surface area contributed by atoms with E-state index in [-0.39, 0.29) is 11.8 Å². The second-order valence-corrected chi connectivity index (χ2v) is 6.17. The summed E-state index contributed by atoms with van der Waals surface area (Å²) in [6.45, 7) is 1.35. The third-order valence-corrected chi connectivity index (χ3v) is 4.70. The van der Waals surface area contributed by atoms with Gasteiger partial charge in [0.1, 0.15) is 0 Å². The van der Waals surface area contributed by atoms with Gasteiger partial charge in [-0.3, -0.25) is 10.1 Å². The molecule has 0 spiro atoms. The summed E-state index contributed by atoms with van der Waals surface area (Å²) in [4.78, 5) is 10.9. The Labute approximate surface area is 134 Å². The molecule has 0 unspecified atom stereocenters. The Morgan fingerprint density at radius 1 is 1.55 bits per heavy atom. The largest absolute Gasteiger partial charge is 0.376 e. The van der Waals surface area contributed by atoms with Crippen LogP contribution in [0.1, 0.15) is 12.8 Å². The SMILES string of the molecule is O=[N+]([O-])c1ccc(Sc2nnnn2C[C@@H]2CCCO2)c(Cl)c1. The van der Waals surface area contributed by atoms with E-state index < -0.39 is 4.92 Å². The van der Waals surface area contributed by atoms with Crippen LogP contribution in [0, 0.1) is 10.1 Å². The maximum Gasteiger partial charge on any atom is 0.270 e. The number of benzene rings is 1. The van der Waals surface area contributed by atoms with Crippen LogP contribution < -0.4 is 0 Å². The zero-order chi connectivity index (χ0) is 15.5. The first-order valence-corrected chi connectivity index (χ1v) is 7.82. The molecular weight excluding hydrogens is 330 g/mol. The third kappa shape index (κ3) is 3.37. The fourth-order valence-corrected chi connectivity index (χ4v) is 3.22. The van der Waals surface area contributed by atoms with Crippen molar-refractivity contribution < 1.29 is 9.66 Å². The van der Waals surface area contributed by atoms with Crippen molar-refractivity contribution in [3.8, 4) is 0 Å². The molecule has 1 aromatic heterocycles. The molecule has 2 heterocycles. The monoisotopic (exact) mass is 341 g/mol. The second kappa shape index (κ2) is 6.59. The molecule has 0 aliphatic carbocycles. The Hall–Kier alpha value is -1.71. The number of non-ortho nitro benzene ring substituents is 1. The lowest BCUT2D eigenvalue weighted by molar-refractivity contribution is -0.384. The van der Waals surface area contributed by atoms with E-state index in [0.717, 1.165) is 19.4 Å². The lowest BCUT2D eigenvalue weighted by Gasteiger charge is -2.10. The smallest absolute Gasteiger partial charge is 0.270 e. The molecule has 10 heteroatoms. The normalized spacial score (nSPS) is 17.8. The summed E-state index contributed by atoms with van der Waals surface area (Å²) >= 11 is 7.35. The van der Waals surface area contributed by atoms with Crippen molar-refractivity contribution in [3.63, 3.8) is 0 Å². The first-order valence-electron chi connectivity index (χ1n) is 6.63. The first-order chi connectivity index (χ1) is 10.6. The standard InChI is InChI=1S/C12H12ClN5O3S/c13-10-6-8(18(19)20)3-4-11(10)22-12-14-15-16-17(12)7-9-2-1-5-21-9/h3-4,6,9H,1-2,5,7H2/t9-/m0/s1. The van der Waals surface area contributed by atoms with Gasteiger partial charge in [-0.25, -0.2) is 4.68 Å². The van der Waals surface area contributed by atoms with Gasteiger partial charge in [-0.05, 0) is 41.1 Å². The van der Waals surface area contributed by atoms with E-state index in [9.17, 15) is 10.1 Å². The van der Waals surface area contributed by atoms with Gasteiger partial charge >= 0.3 is 0 Å². The van der Waals surface area contributed by atoms with Crippen molar-refractivity contribution in [2.75, 3.05) is 6.61 Å². The fourth-order valence-electron chi connectivity index (χ4n) is 2.15. The van der Waals surface area contributed by atoms with Crippen LogP contribution in [0.25, 0.3) is 0 Å². The number of tetrazole rings is 1. The first kappa shape index (κ1) is 15.2. The van der Waals surface area contributed by atoms with E-state index in [1.165, 1.54) is 23.9 Å². The molecule has 1 aromatic carbocycles. The molecule has 0 saturated carbocycles. The predicted molar refractivity (Wildman–Crippen MR) is 79.0 cm³/mol. The van der Waals surface area contributed by atoms with Crippen LogP contribution in [-0.2, 0) is 11.3 Å². The summed E-state index contributed by atoms with van der Waals surface area (Å²) in [5.41, 5.74) is -0.0479. The fraction of sp³-hybridized carbons (Fsp3) is 0.417. The summed E-state index contributed by atoms with van der Waals surface area (Å²) in [6, 6.07) is 4.32. The van der Waals surface area contributed by atoms with Crippen LogP contribution in [0.5, 0.6) is 0 Å². The predicted octanol–water partition coefficient (Wildman–Crippen LogP) is 2.56. The number of ether oxygens (including phenoxy) is 1. The number of nitro groups is 1. The highest BCUT2D eigenvalue weighted by atomic mass is 35.5. The van der Waals surface area contributed by atoms with Gasteiger partial charge in [0.15, 0.2) is 0 Å². The Balaban J connectivity index is 1.76. The highest BCUT2D eigenvalue weighted by Gasteiger charge is 2.20. The number of aromatic nitrogens is 4. The molecule has 1 aliphatic rings. The summed E-state index contributed by atoms with van der Waals surface area (Å²) < 4.78 is 7.24. The van der Waals surface area contributed by atoms with Crippen molar-refractivity contribution in [1.29, 1.82) is 0 Å². The molecule has 0 N–H and O–H groups in total. The van der Waals surface area contributed by atoms with Crippen molar-refractivity contribution in [3.05, 3.63) is 33.3 Å². The van der Waals surface area contributed by atoms with E-state index in [0.29, 0.717) is 21.6 Å². The minimum atomic E-state index is -0.484. The molecule has 1 atom stereocenters. The third-order valence-electron chi connectivity index (χ3n) is 3.23. The van der Waals surface area contributed by atoms with E-state index in [4.69, 9.17) is 16.3 Å². The summed E-state index contributed by atoms with van der Waals surface area (Å²) in [5, 5.41) is 23.2. The Kier molecular flexibility index (Phi) is 4.55. The quantitative estimate of drug-likeness (QED) is 0.609. The summed E-state index contributed by atoms with van der Waals surface area (Å²) in [6.07, 6.45) is 2.15. The molecule has 116 valence electrons. The van der Waals surface area contributed by atoms with E-state index >= 15 is 0 Å². The number of hydrogen-bond donors (Lipinski definition) is 0. The van der Waals surface area contributed by atoms with Crippen molar-refractivity contribution in [2.24, 2.45) is 0 Å². The average molecular weight is 342 g/mol.